The molecule has 10 heteroatoms. The Morgan fingerprint density at radius 1 is 1.10 bits per heavy atom. The van der Waals surface area contributed by atoms with Crippen molar-refractivity contribution < 1.29 is 37.0 Å². The van der Waals surface area contributed by atoms with E-state index in [2.05, 4.69) is 10.1 Å². The molecule has 0 saturated carbocycles. The molecular formula is C21H35F3N2O5. The molecule has 2 aliphatic rings. The van der Waals surface area contributed by atoms with Gasteiger partial charge in [-0.25, -0.2) is 0 Å². The summed E-state index contributed by atoms with van der Waals surface area (Å²) in [7, 11) is 0. The first-order chi connectivity index (χ1) is 14.6. The molecule has 2 saturated heterocycles. The minimum atomic E-state index is -4.69. The molecule has 2 rings (SSSR count). The Labute approximate surface area is 181 Å². The van der Waals surface area contributed by atoms with Crippen molar-refractivity contribution in [1.29, 1.82) is 0 Å². The minimum absolute atomic E-state index is 0.162. The van der Waals surface area contributed by atoms with E-state index < -0.39 is 31.0 Å². The van der Waals surface area contributed by atoms with Gasteiger partial charge in [-0.3, -0.25) is 14.3 Å². The maximum Gasteiger partial charge on any atom is 0.522 e. The number of piperidine rings is 1. The van der Waals surface area contributed by atoms with Crippen LogP contribution in [0.5, 0.6) is 0 Å². The van der Waals surface area contributed by atoms with E-state index in [0.717, 1.165) is 12.8 Å². The minimum Gasteiger partial charge on any atom is -0.381 e. The van der Waals surface area contributed by atoms with Gasteiger partial charge >= 0.3 is 6.36 Å². The van der Waals surface area contributed by atoms with Crippen LogP contribution >= 0.6 is 0 Å². The Morgan fingerprint density at radius 2 is 1.77 bits per heavy atom. The molecule has 2 fully saturated rings. The van der Waals surface area contributed by atoms with E-state index in [1.165, 1.54) is 4.90 Å². The summed E-state index contributed by atoms with van der Waals surface area (Å²) in [5, 5.41) is 2.78. The van der Waals surface area contributed by atoms with Gasteiger partial charge in [-0.15, -0.1) is 13.2 Å². The summed E-state index contributed by atoms with van der Waals surface area (Å²) in [6, 6.07) is -0.892. The van der Waals surface area contributed by atoms with Crippen LogP contribution in [0.2, 0.25) is 0 Å². The van der Waals surface area contributed by atoms with Crippen molar-refractivity contribution in [2.24, 2.45) is 17.8 Å². The van der Waals surface area contributed by atoms with Crippen molar-refractivity contribution in [3.8, 4) is 0 Å². The second-order valence-corrected chi connectivity index (χ2v) is 8.78. The Kier molecular flexibility index (Phi) is 10.0. The molecule has 31 heavy (non-hydrogen) atoms. The fraction of sp³-hybridized carbons (Fsp3) is 0.905. The molecule has 3 unspecified atom stereocenters. The number of nitrogens with zero attached hydrogens (tertiary/aromatic N) is 1. The molecule has 7 nitrogen and oxygen atoms in total. The Balaban J connectivity index is 1.99. The molecule has 0 aromatic carbocycles. The van der Waals surface area contributed by atoms with Crippen molar-refractivity contribution in [2.75, 3.05) is 39.5 Å². The summed E-state index contributed by atoms with van der Waals surface area (Å²) in [5.41, 5.74) is 0. The first-order valence-corrected chi connectivity index (χ1v) is 11.1. The van der Waals surface area contributed by atoms with Gasteiger partial charge in [-0.2, -0.15) is 0 Å². The zero-order valence-electron chi connectivity index (χ0n) is 18.6. The summed E-state index contributed by atoms with van der Waals surface area (Å²) in [6.45, 7) is 7.16. The molecule has 3 atom stereocenters. The monoisotopic (exact) mass is 452 g/mol. The predicted molar refractivity (Wildman–Crippen MR) is 107 cm³/mol. The van der Waals surface area contributed by atoms with Crippen molar-refractivity contribution in [3.63, 3.8) is 0 Å². The lowest BCUT2D eigenvalue weighted by atomic mass is 9.97. The quantitative estimate of drug-likeness (QED) is 0.582. The van der Waals surface area contributed by atoms with Crippen LogP contribution in [0.3, 0.4) is 0 Å². The molecule has 0 radical (unpaired) electrons. The first kappa shape index (κ1) is 25.9. The van der Waals surface area contributed by atoms with Gasteiger partial charge < -0.3 is 19.7 Å². The van der Waals surface area contributed by atoms with Crippen LogP contribution in [0.25, 0.3) is 0 Å². The maximum atomic E-state index is 13.2. The molecule has 0 spiro atoms. The smallest absolute Gasteiger partial charge is 0.381 e. The highest BCUT2D eigenvalue weighted by Gasteiger charge is 2.36. The van der Waals surface area contributed by atoms with E-state index in [4.69, 9.17) is 9.47 Å². The predicted octanol–water partition coefficient (Wildman–Crippen LogP) is 2.73. The molecule has 2 amide bonds. The van der Waals surface area contributed by atoms with E-state index in [1.54, 1.807) is 20.8 Å². The first-order valence-electron chi connectivity index (χ1n) is 11.1. The molecule has 180 valence electrons. The Morgan fingerprint density at radius 3 is 2.39 bits per heavy atom. The lowest BCUT2D eigenvalue weighted by Gasteiger charge is -2.37. The largest absolute Gasteiger partial charge is 0.522 e. The van der Waals surface area contributed by atoms with E-state index >= 15 is 0 Å². The number of likely N-dealkylation sites (tertiary alicyclic amines) is 1. The Hall–Kier alpha value is -1.39. The second-order valence-electron chi connectivity index (χ2n) is 8.78. The van der Waals surface area contributed by atoms with E-state index in [-0.39, 0.29) is 24.3 Å². The number of rotatable bonds is 9. The maximum absolute atomic E-state index is 13.2. The average Bonchev–Trinajstić information content (AvgIpc) is 2.74. The van der Waals surface area contributed by atoms with Gasteiger partial charge in [0.05, 0.1) is 19.3 Å². The Bertz CT molecular complexity index is 582. The van der Waals surface area contributed by atoms with Gasteiger partial charge in [0.15, 0.2) is 0 Å². The molecule has 1 N–H and O–H groups in total. The third-order valence-corrected chi connectivity index (χ3v) is 5.81. The van der Waals surface area contributed by atoms with Crippen molar-refractivity contribution in [1.82, 2.24) is 10.2 Å². The van der Waals surface area contributed by atoms with Crippen molar-refractivity contribution in [2.45, 2.75) is 65.0 Å². The SMILES string of the molecule is CC(C)C(=O)NC(C(=O)N1CCCC(COC(F)(F)F)C1)C(C)OCC1CCOCC1. The lowest BCUT2D eigenvalue weighted by molar-refractivity contribution is -0.329. The number of hydrogen-bond acceptors (Lipinski definition) is 5. The summed E-state index contributed by atoms with van der Waals surface area (Å²) in [5.74, 6) is -0.975. The van der Waals surface area contributed by atoms with Gasteiger partial charge in [0.1, 0.15) is 6.04 Å². The molecule has 0 bridgehead atoms. The van der Waals surface area contributed by atoms with Crippen LogP contribution in [-0.2, 0) is 23.8 Å². The molecule has 0 aliphatic carbocycles. The van der Waals surface area contributed by atoms with Crippen LogP contribution in [0.15, 0.2) is 0 Å². The molecule has 0 aromatic heterocycles. The highest BCUT2D eigenvalue weighted by molar-refractivity contribution is 5.88. The summed E-state index contributed by atoms with van der Waals surface area (Å²) < 4.78 is 52.4. The van der Waals surface area contributed by atoms with Crippen LogP contribution in [0.1, 0.15) is 46.5 Å². The van der Waals surface area contributed by atoms with Gasteiger partial charge in [-0.05, 0) is 38.5 Å². The zero-order chi connectivity index (χ0) is 23.0. The fourth-order valence-electron chi connectivity index (χ4n) is 3.81. The van der Waals surface area contributed by atoms with Crippen molar-refractivity contribution >= 4 is 11.8 Å². The van der Waals surface area contributed by atoms with Gasteiger partial charge in [-0.1, -0.05) is 13.8 Å². The zero-order valence-corrected chi connectivity index (χ0v) is 18.6. The fourth-order valence-corrected chi connectivity index (χ4v) is 3.81. The second kappa shape index (κ2) is 12.0. The highest BCUT2D eigenvalue weighted by atomic mass is 19.4. The average molecular weight is 453 g/mol. The molecule has 0 aromatic rings. The number of alkyl halides is 3. The van der Waals surface area contributed by atoms with E-state index in [1.807, 2.05) is 0 Å². The van der Waals surface area contributed by atoms with Crippen molar-refractivity contribution in [3.05, 3.63) is 0 Å². The highest BCUT2D eigenvalue weighted by Crippen LogP contribution is 2.23. The summed E-state index contributed by atoms with van der Waals surface area (Å²) in [6.07, 6.45) is -2.34. The third-order valence-electron chi connectivity index (χ3n) is 5.81. The number of ether oxygens (including phenoxy) is 3. The standard InChI is InChI=1S/C21H35F3N2O5/c1-14(2)19(27)25-18(15(3)30-12-16-6-9-29-10-7-16)20(28)26-8-4-5-17(11-26)13-31-21(22,23)24/h14-18H,4-13H2,1-3H3,(H,25,27). The molecule has 2 aliphatic heterocycles. The number of carbonyl (C=O) groups excluding carboxylic acids is 2. The lowest BCUT2D eigenvalue weighted by Crippen LogP contribution is -2.57. The van der Waals surface area contributed by atoms with Gasteiger partial charge in [0.25, 0.3) is 0 Å². The van der Waals surface area contributed by atoms with Gasteiger partial charge in [0, 0.05) is 38.1 Å². The number of nitrogens with one attached hydrogen (secondary N) is 1. The van der Waals surface area contributed by atoms with Gasteiger partial charge in [0.2, 0.25) is 11.8 Å². The summed E-state index contributed by atoms with van der Waals surface area (Å²) in [4.78, 5) is 27.1. The third kappa shape index (κ3) is 8.94. The van der Waals surface area contributed by atoms with E-state index in [9.17, 15) is 22.8 Å². The number of hydrogen-bond donors (Lipinski definition) is 1. The van der Waals surface area contributed by atoms with Crippen LogP contribution < -0.4 is 5.32 Å². The van der Waals surface area contributed by atoms with E-state index in [0.29, 0.717) is 45.1 Å². The number of carbonyl (C=O) groups is 2. The number of amides is 2. The normalized spacial score (nSPS) is 22.9. The molecular weight excluding hydrogens is 417 g/mol. The molecule has 2 heterocycles. The summed E-state index contributed by atoms with van der Waals surface area (Å²) >= 11 is 0. The number of halogens is 3. The van der Waals surface area contributed by atoms with Crippen LogP contribution in [-0.4, -0.2) is 74.7 Å². The van der Waals surface area contributed by atoms with Crippen LogP contribution in [0.4, 0.5) is 13.2 Å². The topological polar surface area (TPSA) is 77.1 Å². The van der Waals surface area contributed by atoms with Crippen LogP contribution in [0, 0.1) is 17.8 Å².